The first kappa shape index (κ1) is 24.3. The minimum Gasteiger partial charge on any atom is -0.457 e. The van der Waals surface area contributed by atoms with Crippen LogP contribution in [0.4, 0.5) is 5.82 Å². The molecule has 0 aliphatic carbocycles. The number of anilines is 1. The van der Waals surface area contributed by atoms with E-state index in [1.165, 1.54) is 0 Å². The van der Waals surface area contributed by atoms with Crippen LogP contribution in [0.5, 0.6) is 23.0 Å². The number of nitrogens with one attached hydrogen (secondary N) is 2. The first-order chi connectivity index (χ1) is 18.0. The molecular formula is C28H30N6O3. The maximum absolute atomic E-state index is 12.5. The van der Waals surface area contributed by atoms with E-state index in [2.05, 4.69) is 20.5 Å². The lowest BCUT2D eigenvalue weighted by Gasteiger charge is -2.16. The number of benzene rings is 2. The number of para-hydroxylation sites is 1. The number of fused-ring (bicyclic) bond motifs is 1. The van der Waals surface area contributed by atoms with Crippen LogP contribution in [0.2, 0.25) is 0 Å². The number of likely N-dealkylation sites (N-methyl/N-ethyl adjacent to an activating group) is 1. The highest BCUT2D eigenvalue weighted by atomic mass is 16.5. The van der Waals surface area contributed by atoms with Crippen molar-refractivity contribution < 1.29 is 14.3 Å². The summed E-state index contributed by atoms with van der Waals surface area (Å²) in [5.74, 6) is 3.36. The maximum Gasteiger partial charge on any atom is 0.246 e. The zero-order chi connectivity index (χ0) is 25.6. The molecule has 1 fully saturated rings. The Labute approximate surface area is 215 Å². The first-order valence-electron chi connectivity index (χ1n) is 12.3. The van der Waals surface area contributed by atoms with Crippen molar-refractivity contribution in [2.75, 3.05) is 39.0 Å². The van der Waals surface area contributed by atoms with Crippen LogP contribution in [0.15, 0.2) is 79.0 Å². The summed E-state index contributed by atoms with van der Waals surface area (Å²) in [6.07, 6.45) is 6.05. The van der Waals surface area contributed by atoms with Gasteiger partial charge in [0, 0.05) is 50.1 Å². The molecule has 3 heterocycles. The number of rotatable bonds is 9. The van der Waals surface area contributed by atoms with Gasteiger partial charge in [0.25, 0.3) is 0 Å². The van der Waals surface area contributed by atoms with Gasteiger partial charge >= 0.3 is 0 Å². The molecule has 0 saturated carbocycles. The molecule has 5 rings (SSSR count). The Hall–Kier alpha value is -4.37. The highest BCUT2D eigenvalue weighted by molar-refractivity contribution is 5.93. The molecule has 0 radical (unpaired) electrons. The van der Waals surface area contributed by atoms with Crippen molar-refractivity contribution >= 4 is 22.8 Å². The van der Waals surface area contributed by atoms with Gasteiger partial charge in [0.2, 0.25) is 5.91 Å². The second-order valence-corrected chi connectivity index (χ2v) is 9.18. The maximum atomic E-state index is 12.5. The number of likely N-dealkylation sites (tertiary alicyclic amines) is 1. The van der Waals surface area contributed by atoms with E-state index < -0.39 is 0 Å². The number of carbonyl (C=O) groups is 1. The van der Waals surface area contributed by atoms with Crippen molar-refractivity contribution in [3.63, 3.8) is 0 Å². The molecule has 0 unspecified atom stereocenters. The Bertz CT molecular complexity index is 1390. The van der Waals surface area contributed by atoms with Crippen LogP contribution in [0.25, 0.3) is 11.0 Å². The third-order valence-corrected chi connectivity index (χ3v) is 6.01. The highest BCUT2D eigenvalue weighted by Gasteiger charge is 2.26. The molecule has 2 aromatic carbocycles. The molecule has 1 atom stereocenters. The summed E-state index contributed by atoms with van der Waals surface area (Å²) in [6.45, 7) is 2.04. The van der Waals surface area contributed by atoms with Crippen molar-refractivity contribution in [2.24, 2.45) is 0 Å². The van der Waals surface area contributed by atoms with E-state index in [1.807, 2.05) is 90.6 Å². The van der Waals surface area contributed by atoms with Crippen LogP contribution in [0, 0.1) is 0 Å². The standard InChI is InChI=1S/C28H30N6O3/c1-33(2)16-7-12-25(35)34-17-14-20(19-34)30-28-26-24(13-15-29-27(26)31-32-28)37-23-11-6-10-22(18-23)36-21-8-4-3-5-9-21/h3-13,15,18,20H,14,16-17,19H2,1-2H3,(H2,29,30,31,32)/b12-7+/t20-/m1/s1. The molecule has 37 heavy (non-hydrogen) atoms. The third kappa shape index (κ3) is 6.07. The second-order valence-electron chi connectivity index (χ2n) is 9.18. The summed E-state index contributed by atoms with van der Waals surface area (Å²) < 4.78 is 12.2. The van der Waals surface area contributed by atoms with E-state index in [4.69, 9.17) is 9.47 Å². The fourth-order valence-corrected chi connectivity index (χ4v) is 4.21. The number of nitrogens with zero attached hydrogens (tertiary/aromatic N) is 4. The number of carbonyl (C=O) groups excluding carboxylic acids is 1. The van der Waals surface area contributed by atoms with Gasteiger partial charge in [-0.1, -0.05) is 30.3 Å². The molecule has 9 nitrogen and oxygen atoms in total. The number of hydrogen-bond acceptors (Lipinski definition) is 7. The lowest BCUT2D eigenvalue weighted by Crippen LogP contribution is -2.30. The predicted octanol–water partition coefficient (Wildman–Crippen LogP) is 4.67. The molecule has 2 N–H and O–H groups in total. The number of pyridine rings is 1. The van der Waals surface area contributed by atoms with Crippen molar-refractivity contribution in [1.29, 1.82) is 0 Å². The van der Waals surface area contributed by atoms with E-state index in [0.29, 0.717) is 41.8 Å². The molecule has 190 valence electrons. The van der Waals surface area contributed by atoms with Crippen molar-refractivity contribution in [3.05, 3.63) is 79.0 Å². The first-order valence-corrected chi connectivity index (χ1v) is 12.3. The van der Waals surface area contributed by atoms with Gasteiger partial charge in [-0.2, -0.15) is 5.10 Å². The lowest BCUT2D eigenvalue weighted by atomic mass is 10.2. The molecule has 2 aromatic heterocycles. The largest absolute Gasteiger partial charge is 0.457 e. The Balaban J connectivity index is 1.29. The molecule has 9 heteroatoms. The van der Waals surface area contributed by atoms with E-state index >= 15 is 0 Å². The molecule has 1 amide bonds. The molecular weight excluding hydrogens is 468 g/mol. The van der Waals surface area contributed by atoms with Crippen LogP contribution in [0.3, 0.4) is 0 Å². The lowest BCUT2D eigenvalue weighted by molar-refractivity contribution is -0.125. The fourth-order valence-electron chi connectivity index (χ4n) is 4.21. The van der Waals surface area contributed by atoms with Gasteiger partial charge in [-0.15, -0.1) is 0 Å². The summed E-state index contributed by atoms with van der Waals surface area (Å²) in [6, 6.07) is 19.0. The Morgan fingerprint density at radius 1 is 1.11 bits per heavy atom. The van der Waals surface area contributed by atoms with E-state index in [-0.39, 0.29) is 11.9 Å². The Morgan fingerprint density at radius 3 is 2.70 bits per heavy atom. The molecule has 1 aliphatic heterocycles. The van der Waals surface area contributed by atoms with Crippen molar-refractivity contribution in [3.8, 4) is 23.0 Å². The SMILES string of the molecule is CN(C)C/C=C/C(=O)N1CC[C@@H](Nc2n[nH]c3nccc(Oc4cccc(Oc5ccccc5)c4)c23)C1. The number of aromatic nitrogens is 3. The summed E-state index contributed by atoms with van der Waals surface area (Å²) >= 11 is 0. The quantitative estimate of drug-likeness (QED) is 0.324. The summed E-state index contributed by atoms with van der Waals surface area (Å²) in [7, 11) is 3.95. The zero-order valence-electron chi connectivity index (χ0n) is 20.9. The molecule has 1 saturated heterocycles. The van der Waals surface area contributed by atoms with Gasteiger partial charge in [0.1, 0.15) is 28.4 Å². The third-order valence-electron chi connectivity index (χ3n) is 6.01. The Kier molecular flexibility index (Phi) is 7.32. The van der Waals surface area contributed by atoms with E-state index in [0.717, 1.165) is 24.1 Å². The monoisotopic (exact) mass is 498 g/mol. The smallest absolute Gasteiger partial charge is 0.246 e. The van der Waals surface area contributed by atoms with Crippen LogP contribution < -0.4 is 14.8 Å². The minimum absolute atomic E-state index is 0.0290. The Morgan fingerprint density at radius 2 is 1.89 bits per heavy atom. The summed E-state index contributed by atoms with van der Waals surface area (Å²) in [4.78, 5) is 20.8. The number of hydrogen-bond donors (Lipinski definition) is 2. The zero-order valence-corrected chi connectivity index (χ0v) is 20.9. The average molecular weight is 499 g/mol. The van der Waals surface area contributed by atoms with Crippen molar-refractivity contribution in [2.45, 2.75) is 12.5 Å². The second kappa shape index (κ2) is 11.1. The molecule has 0 bridgehead atoms. The predicted molar refractivity (Wildman–Crippen MR) is 143 cm³/mol. The van der Waals surface area contributed by atoms with Crippen LogP contribution in [0.1, 0.15) is 6.42 Å². The van der Waals surface area contributed by atoms with Crippen LogP contribution >= 0.6 is 0 Å². The van der Waals surface area contributed by atoms with Crippen LogP contribution in [-0.2, 0) is 4.79 Å². The summed E-state index contributed by atoms with van der Waals surface area (Å²) in [5.41, 5.74) is 0.620. The molecule has 0 spiro atoms. The molecule has 1 aliphatic rings. The van der Waals surface area contributed by atoms with Gasteiger partial charge < -0.3 is 24.6 Å². The van der Waals surface area contributed by atoms with Gasteiger partial charge in [-0.3, -0.25) is 9.89 Å². The number of aromatic amines is 1. The van der Waals surface area contributed by atoms with Crippen molar-refractivity contribution in [1.82, 2.24) is 25.0 Å². The van der Waals surface area contributed by atoms with Gasteiger partial charge in [-0.25, -0.2) is 4.98 Å². The number of amides is 1. The number of ether oxygens (including phenoxy) is 2. The highest BCUT2D eigenvalue weighted by Crippen LogP contribution is 2.35. The van der Waals surface area contributed by atoms with Gasteiger partial charge in [0.15, 0.2) is 11.5 Å². The molecule has 4 aromatic rings. The topological polar surface area (TPSA) is 95.6 Å². The van der Waals surface area contributed by atoms with Gasteiger partial charge in [-0.05, 0) is 44.8 Å². The normalized spacial score (nSPS) is 15.5. The van der Waals surface area contributed by atoms with Crippen LogP contribution in [-0.4, -0.2) is 70.7 Å². The van der Waals surface area contributed by atoms with E-state index in [9.17, 15) is 4.79 Å². The number of H-pyrrole nitrogens is 1. The van der Waals surface area contributed by atoms with E-state index in [1.54, 1.807) is 12.3 Å². The van der Waals surface area contributed by atoms with Gasteiger partial charge in [0.05, 0.1) is 0 Å². The fraction of sp³-hybridized carbons (Fsp3) is 0.250. The summed E-state index contributed by atoms with van der Waals surface area (Å²) in [5, 5.41) is 11.7. The minimum atomic E-state index is 0.0290. The average Bonchev–Trinajstić information content (AvgIpc) is 3.53.